The van der Waals surface area contributed by atoms with E-state index in [1.165, 1.54) is 0 Å². The molecular formula is C16H14O4. The molecule has 0 fully saturated rings. The molecule has 0 aliphatic heterocycles. The van der Waals surface area contributed by atoms with Gasteiger partial charge >= 0.3 is 11.9 Å². The quantitative estimate of drug-likeness (QED) is 0.682. The number of hydrogen-bond acceptors (Lipinski definition) is 4. The summed E-state index contributed by atoms with van der Waals surface area (Å²) in [5.41, 5.74) is 1.14. The lowest BCUT2D eigenvalue weighted by atomic mass is 10.1. The average Bonchev–Trinajstić information content (AvgIpc) is 2.48. The number of aliphatic hydroxyl groups excluding tert-OH is 1. The van der Waals surface area contributed by atoms with Gasteiger partial charge in [0, 0.05) is 0 Å². The van der Waals surface area contributed by atoms with Crippen LogP contribution in [0, 0.1) is 0 Å². The van der Waals surface area contributed by atoms with Gasteiger partial charge in [0.1, 0.15) is 0 Å². The third-order valence-electron chi connectivity index (χ3n) is 2.74. The number of benzene rings is 2. The molecule has 0 aromatic heterocycles. The Balaban J connectivity index is 1.93. The summed E-state index contributed by atoms with van der Waals surface area (Å²) in [6, 6.07) is 17.3. The highest BCUT2D eigenvalue weighted by Gasteiger charge is 2.21. The van der Waals surface area contributed by atoms with Crippen LogP contribution in [0.1, 0.15) is 17.2 Å². The van der Waals surface area contributed by atoms with Gasteiger partial charge in [-0.15, -0.1) is 0 Å². The number of aliphatic hydroxyl groups is 1. The largest absolute Gasteiger partial charge is 0.391 e. The van der Waals surface area contributed by atoms with Crippen LogP contribution in [-0.4, -0.2) is 17.0 Å². The van der Waals surface area contributed by atoms with Gasteiger partial charge in [0.05, 0.1) is 6.42 Å². The van der Waals surface area contributed by atoms with Gasteiger partial charge in [-0.1, -0.05) is 60.7 Å². The van der Waals surface area contributed by atoms with Gasteiger partial charge in [-0.25, -0.2) is 4.79 Å². The molecule has 1 atom stereocenters. The van der Waals surface area contributed by atoms with E-state index < -0.39 is 18.0 Å². The molecule has 2 aromatic carbocycles. The van der Waals surface area contributed by atoms with Crippen molar-refractivity contribution in [3.63, 3.8) is 0 Å². The first-order valence-corrected chi connectivity index (χ1v) is 6.18. The molecule has 20 heavy (non-hydrogen) atoms. The summed E-state index contributed by atoms with van der Waals surface area (Å²) in [4.78, 5) is 23.3. The topological polar surface area (TPSA) is 63.6 Å². The Labute approximate surface area is 116 Å². The Morgan fingerprint density at radius 1 is 0.950 bits per heavy atom. The highest BCUT2D eigenvalue weighted by atomic mass is 16.6. The molecule has 0 aliphatic carbocycles. The molecule has 0 spiro atoms. The van der Waals surface area contributed by atoms with E-state index >= 15 is 0 Å². The highest BCUT2D eigenvalue weighted by Crippen LogP contribution is 2.14. The molecule has 0 amide bonds. The minimum atomic E-state index is -1.45. The van der Waals surface area contributed by atoms with Crippen molar-refractivity contribution in [3.05, 3.63) is 71.8 Å². The average molecular weight is 270 g/mol. The first-order chi connectivity index (χ1) is 9.66. The molecule has 0 aliphatic rings. The van der Waals surface area contributed by atoms with Crippen molar-refractivity contribution in [2.75, 3.05) is 0 Å². The number of carbonyl (C=O) groups excluding carboxylic acids is 2. The lowest BCUT2D eigenvalue weighted by Crippen LogP contribution is -2.20. The lowest BCUT2D eigenvalue weighted by molar-refractivity contribution is -0.165. The van der Waals surface area contributed by atoms with Gasteiger partial charge in [0.15, 0.2) is 6.10 Å². The van der Waals surface area contributed by atoms with Gasteiger partial charge in [0.25, 0.3) is 0 Å². The summed E-state index contributed by atoms with van der Waals surface area (Å²) in [6.45, 7) is 0. The standard InChI is InChI=1S/C16H14O4/c17-14(11-12-7-3-1-4-8-12)20-16(19)15(18)13-9-5-2-6-10-13/h1-10,15,18H,11H2/t15-/m1/s1. The number of esters is 2. The maximum Gasteiger partial charge on any atom is 0.347 e. The normalized spacial score (nSPS) is 11.7. The van der Waals surface area contributed by atoms with Crippen molar-refractivity contribution in [2.45, 2.75) is 12.5 Å². The van der Waals surface area contributed by atoms with Crippen molar-refractivity contribution in [1.82, 2.24) is 0 Å². The van der Waals surface area contributed by atoms with Crippen molar-refractivity contribution < 1.29 is 19.4 Å². The number of rotatable bonds is 4. The van der Waals surface area contributed by atoms with E-state index in [2.05, 4.69) is 4.74 Å². The summed E-state index contributed by atoms with van der Waals surface area (Å²) in [6.07, 6.45) is -1.45. The second kappa shape index (κ2) is 6.63. The van der Waals surface area contributed by atoms with E-state index in [9.17, 15) is 14.7 Å². The first kappa shape index (κ1) is 14.0. The summed E-state index contributed by atoms with van der Waals surface area (Å²) >= 11 is 0. The van der Waals surface area contributed by atoms with Gasteiger partial charge in [-0.3, -0.25) is 4.79 Å². The molecule has 0 radical (unpaired) electrons. The summed E-state index contributed by atoms with van der Waals surface area (Å²) in [7, 11) is 0. The molecule has 4 nitrogen and oxygen atoms in total. The highest BCUT2D eigenvalue weighted by molar-refractivity contribution is 5.89. The van der Waals surface area contributed by atoms with E-state index in [1.807, 2.05) is 6.07 Å². The SMILES string of the molecule is O=C(Cc1ccccc1)OC(=O)[C@H](O)c1ccccc1. The first-order valence-electron chi connectivity index (χ1n) is 6.18. The van der Waals surface area contributed by atoms with Crippen molar-refractivity contribution in [1.29, 1.82) is 0 Å². The minimum absolute atomic E-state index is 0.00586. The van der Waals surface area contributed by atoms with E-state index in [0.717, 1.165) is 5.56 Å². The lowest BCUT2D eigenvalue weighted by Gasteiger charge is -2.09. The molecule has 0 saturated carbocycles. The van der Waals surface area contributed by atoms with Crippen molar-refractivity contribution in [2.24, 2.45) is 0 Å². The molecule has 0 unspecified atom stereocenters. The molecule has 4 heteroatoms. The van der Waals surface area contributed by atoms with Crippen LogP contribution in [0.5, 0.6) is 0 Å². The summed E-state index contributed by atoms with van der Waals surface area (Å²) < 4.78 is 4.64. The number of carbonyl (C=O) groups is 2. The number of hydrogen-bond donors (Lipinski definition) is 1. The van der Waals surface area contributed by atoms with Crippen LogP contribution in [-0.2, 0) is 20.7 Å². The summed E-state index contributed by atoms with van der Waals surface area (Å²) in [5, 5.41) is 9.78. The zero-order valence-electron chi connectivity index (χ0n) is 10.7. The van der Waals surface area contributed by atoms with Crippen molar-refractivity contribution in [3.8, 4) is 0 Å². The van der Waals surface area contributed by atoms with E-state index in [4.69, 9.17) is 0 Å². The van der Waals surface area contributed by atoms with Crippen LogP contribution < -0.4 is 0 Å². The fourth-order valence-electron chi connectivity index (χ4n) is 1.74. The van der Waals surface area contributed by atoms with Gasteiger partial charge in [-0.2, -0.15) is 0 Å². The third-order valence-corrected chi connectivity index (χ3v) is 2.74. The monoisotopic (exact) mass is 270 g/mol. The predicted molar refractivity (Wildman–Crippen MR) is 72.6 cm³/mol. The molecule has 2 rings (SSSR count). The maximum absolute atomic E-state index is 11.7. The van der Waals surface area contributed by atoms with Crippen LogP contribution in [0.15, 0.2) is 60.7 Å². The summed E-state index contributed by atoms with van der Waals surface area (Å²) in [5.74, 6) is -1.65. The molecule has 0 bridgehead atoms. The third kappa shape index (κ3) is 3.76. The van der Waals surface area contributed by atoms with Crippen LogP contribution in [0.2, 0.25) is 0 Å². The number of ether oxygens (including phenoxy) is 1. The van der Waals surface area contributed by atoms with Gasteiger partial charge in [-0.05, 0) is 11.1 Å². The Morgan fingerprint density at radius 3 is 2.10 bits per heavy atom. The molecular weight excluding hydrogens is 256 g/mol. The minimum Gasteiger partial charge on any atom is -0.391 e. The van der Waals surface area contributed by atoms with Gasteiger partial charge < -0.3 is 9.84 Å². The van der Waals surface area contributed by atoms with Gasteiger partial charge in [0.2, 0.25) is 0 Å². The van der Waals surface area contributed by atoms with Crippen LogP contribution >= 0.6 is 0 Å². The Kier molecular flexibility index (Phi) is 4.63. The Morgan fingerprint density at radius 2 is 1.50 bits per heavy atom. The van der Waals surface area contributed by atoms with Crippen molar-refractivity contribution >= 4 is 11.9 Å². The Hall–Kier alpha value is -2.46. The van der Waals surface area contributed by atoms with Crippen LogP contribution in [0.25, 0.3) is 0 Å². The second-order valence-electron chi connectivity index (χ2n) is 4.27. The molecule has 0 saturated heterocycles. The van der Waals surface area contributed by atoms with E-state index in [-0.39, 0.29) is 6.42 Å². The maximum atomic E-state index is 11.7. The van der Waals surface area contributed by atoms with E-state index in [1.54, 1.807) is 54.6 Å². The molecule has 0 heterocycles. The molecule has 2 aromatic rings. The molecule has 1 N–H and O–H groups in total. The predicted octanol–water partition coefficient (Wildman–Crippen LogP) is 2.03. The molecule has 102 valence electrons. The van der Waals surface area contributed by atoms with Crippen LogP contribution in [0.4, 0.5) is 0 Å². The second-order valence-corrected chi connectivity index (χ2v) is 4.27. The fraction of sp³-hybridized carbons (Fsp3) is 0.125. The zero-order chi connectivity index (χ0) is 14.4. The zero-order valence-corrected chi connectivity index (χ0v) is 10.7. The smallest absolute Gasteiger partial charge is 0.347 e. The van der Waals surface area contributed by atoms with Crippen LogP contribution in [0.3, 0.4) is 0 Å². The van der Waals surface area contributed by atoms with E-state index in [0.29, 0.717) is 5.56 Å². The Bertz CT molecular complexity index is 578. The fourth-order valence-corrected chi connectivity index (χ4v) is 1.74.